The van der Waals surface area contributed by atoms with Gasteiger partial charge in [0.05, 0.1) is 17.1 Å². The Kier molecular flexibility index (Phi) is 4.10. The summed E-state index contributed by atoms with van der Waals surface area (Å²) in [5.41, 5.74) is 3.19. The summed E-state index contributed by atoms with van der Waals surface area (Å²) in [5, 5.41) is 11.9. The number of carboxylic acid groups (broad SMARTS) is 1. The lowest BCUT2D eigenvalue weighted by molar-refractivity contribution is -0.136. The average Bonchev–Trinajstić information content (AvgIpc) is 2.74. The van der Waals surface area contributed by atoms with Crippen molar-refractivity contribution in [1.29, 1.82) is 0 Å². The molecule has 0 saturated carbocycles. The number of benzene rings is 1. The van der Waals surface area contributed by atoms with E-state index in [2.05, 4.69) is 10.4 Å². The normalized spacial score (nSPS) is 10.5. The highest BCUT2D eigenvalue weighted by atomic mass is 32.1. The first kappa shape index (κ1) is 12.8. The van der Waals surface area contributed by atoms with E-state index in [1.807, 2.05) is 31.2 Å². The average molecular weight is 261 g/mol. The van der Waals surface area contributed by atoms with Crippen LogP contribution in [0, 0.1) is 6.92 Å². The summed E-state index contributed by atoms with van der Waals surface area (Å²) >= 11 is 1.67. The number of rotatable bonds is 5. The third-order valence-electron chi connectivity index (χ3n) is 2.71. The molecule has 0 aliphatic carbocycles. The minimum Gasteiger partial charge on any atom is -0.481 e. The molecule has 0 amide bonds. The van der Waals surface area contributed by atoms with E-state index in [0.717, 1.165) is 29.1 Å². The maximum Gasteiger partial charge on any atom is 0.307 e. The summed E-state index contributed by atoms with van der Waals surface area (Å²) < 4.78 is 0. The molecule has 0 fully saturated rings. The number of aryl methyl sites for hydroxylation is 3. The van der Waals surface area contributed by atoms with Crippen LogP contribution in [0.25, 0.3) is 0 Å². The van der Waals surface area contributed by atoms with Crippen molar-refractivity contribution in [3.8, 4) is 0 Å². The lowest BCUT2D eigenvalue weighted by Crippen LogP contribution is -2.00. The van der Waals surface area contributed by atoms with Gasteiger partial charge in [-0.15, -0.1) is 11.3 Å². The van der Waals surface area contributed by atoms with Crippen LogP contribution in [0.2, 0.25) is 0 Å². The number of carbonyl (C=O) groups is 1. The van der Waals surface area contributed by atoms with Gasteiger partial charge in [0.2, 0.25) is 0 Å². The fourth-order valence-corrected chi connectivity index (χ4v) is 2.44. The summed E-state index contributed by atoms with van der Waals surface area (Å²) in [4.78, 5) is 15.0. The number of carboxylic acids is 1. The van der Waals surface area contributed by atoms with Gasteiger partial charge in [-0.05, 0) is 30.9 Å². The number of aliphatic carboxylic acids is 1. The molecule has 1 N–H and O–H groups in total. The highest BCUT2D eigenvalue weighted by Gasteiger charge is 2.02. The molecule has 4 heteroatoms. The number of thiazole rings is 1. The van der Waals surface area contributed by atoms with Crippen LogP contribution >= 0.6 is 11.3 Å². The molecule has 0 aliphatic rings. The van der Waals surface area contributed by atoms with Gasteiger partial charge in [-0.2, -0.15) is 0 Å². The van der Waals surface area contributed by atoms with Crippen molar-refractivity contribution in [2.75, 3.05) is 0 Å². The van der Waals surface area contributed by atoms with Crippen LogP contribution in [0.3, 0.4) is 0 Å². The Labute approximate surface area is 110 Å². The Balaban J connectivity index is 1.92. The van der Waals surface area contributed by atoms with Crippen molar-refractivity contribution < 1.29 is 9.90 Å². The highest BCUT2D eigenvalue weighted by molar-refractivity contribution is 7.09. The summed E-state index contributed by atoms with van der Waals surface area (Å²) in [5.74, 6) is -0.791. The van der Waals surface area contributed by atoms with E-state index in [1.165, 1.54) is 5.56 Å². The second-order valence-corrected chi connectivity index (χ2v) is 5.31. The van der Waals surface area contributed by atoms with Crippen LogP contribution < -0.4 is 0 Å². The molecule has 3 nitrogen and oxygen atoms in total. The van der Waals surface area contributed by atoms with Crippen LogP contribution in [0.4, 0.5) is 0 Å². The predicted molar refractivity (Wildman–Crippen MR) is 72.0 cm³/mol. The van der Waals surface area contributed by atoms with Gasteiger partial charge in [0.1, 0.15) is 0 Å². The molecule has 0 radical (unpaired) electrons. The first-order valence-corrected chi connectivity index (χ1v) is 6.72. The predicted octanol–water partition coefficient (Wildman–Crippen LogP) is 2.86. The van der Waals surface area contributed by atoms with Gasteiger partial charge >= 0.3 is 5.97 Å². The minimum absolute atomic E-state index is 0.0889. The topological polar surface area (TPSA) is 50.2 Å². The van der Waals surface area contributed by atoms with Crippen molar-refractivity contribution in [2.24, 2.45) is 0 Å². The maximum absolute atomic E-state index is 10.6. The molecule has 94 valence electrons. The van der Waals surface area contributed by atoms with Crippen molar-refractivity contribution in [3.05, 3.63) is 51.5 Å². The smallest absolute Gasteiger partial charge is 0.307 e. The largest absolute Gasteiger partial charge is 0.481 e. The number of aromatic nitrogens is 1. The van der Waals surface area contributed by atoms with Gasteiger partial charge in [0, 0.05) is 5.38 Å². The lowest BCUT2D eigenvalue weighted by Gasteiger charge is -2.01. The van der Waals surface area contributed by atoms with E-state index in [1.54, 1.807) is 11.3 Å². The summed E-state index contributed by atoms with van der Waals surface area (Å²) in [6.45, 7) is 2.01. The van der Waals surface area contributed by atoms with Crippen molar-refractivity contribution >= 4 is 17.3 Å². The Morgan fingerprint density at radius 3 is 2.44 bits per heavy atom. The van der Waals surface area contributed by atoms with Crippen molar-refractivity contribution in [2.45, 2.75) is 26.2 Å². The van der Waals surface area contributed by atoms with Gasteiger partial charge in [-0.3, -0.25) is 4.79 Å². The molecule has 0 spiro atoms. The molecular weight excluding hydrogens is 246 g/mol. The molecule has 2 rings (SSSR count). The van der Waals surface area contributed by atoms with Crippen LogP contribution in [0.15, 0.2) is 29.6 Å². The van der Waals surface area contributed by atoms with E-state index < -0.39 is 5.97 Å². The maximum atomic E-state index is 10.6. The van der Waals surface area contributed by atoms with Crippen LogP contribution in [-0.4, -0.2) is 16.1 Å². The zero-order valence-corrected chi connectivity index (χ0v) is 11.0. The van der Waals surface area contributed by atoms with Crippen LogP contribution in [0.1, 0.15) is 21.8 Å². The lowest BCUT2D eigenvalue weighted by atomic mass is 10.1. The molecule has 1 aromatic carbocycles. The van der Waals surface area contributed by atoms with E-state index in [4.69, 9.17) is 5.11 Å². The van der Waals surface area contributed by atoms with Gasteiger partial charge in [-0.1, -0.05) is 24.3 Å². The molecule has 0 aliphatic heterocycles. The first-order chi connectivity index (χ1) is 8.63. The summed E-state index contributed by atoms with van der Waals surface area (Å²) in [6, 6.07) is 7.76. The second kappa shape index (κ2) is 5.78. The third-order valence-corrected chi connectivity index (χ3v) is 3.54. The molecule has 0 bridgehead atoms. The number of hydrogen-bond donors (Lipinski definition) is 1. The van der Waals surface area contributed by atoms with Crippen molar-refractivity contribution in [3.63, 3.8) is 0 Å². The molecule has 0 unspecified atom stereocenters. The quantitative estimate of drug-likeness (QED) is 0.900. The molecule has 1 heterocycles. The Hall–Kier alpha value is -1.68. The molecule has 2 aromatic rings. The SMILES string of the molecule is Cc1nc(CCc2ccc(CC(=O)O)cc2)cs1. The fraction of sp³-hybridized carbons (Fsp3) is 0.286. The minimum atomic E-state index is -0.791. The molecule has 18 heavy (non-hydrogen) atoms. The van der Waals surface area contributed by atoms with Gasteiger partial charge < -0.3 is 5.11 Å². The van der Waals surface area contributed by atoms with Gasteiger partial charge in [0.15, 0.2) is 0 Å². The summed E-state index contributed by atoms with van der Waals surface area (Å²) in [7, 11) is 0. The molecule has 0 atom stereocenters. The van der Waals surface area contributed by atoms with Gasteiger partial charge in [0.25, 0.3) is 0 Å². The fourth-order valence-electron chi connectivity index (χ4n) is 1.79. The zero-order chi connectivity index (χ0) is 13.0. The second-order valence-electron chi connectivity index (χ2n) is 4.24. The van der Waals surface area contributed by atoms with Crippen LogP contribution in [-0.2, 0) is 24.1 Å². The molecule has 1 aromatic heterocycles. The summed E-state index contributed by atoms with van der Waals surface area (Å²) in [6.07, 6.45) is 1.96. The van der Waals surface area contributed by atoms with Gasteiger partial charge in [-0.25, -0.2) is 4.98 Å². The highest BCUT2D eigenvalue weighted by Crippen LogP contribution is 2.12. The number of nitrogens with zero attached hydrogens (tertiary/aromatic N) is 1. The van der Waals surface area contributed by atoms with E-state index in [-0.39, 0.29) is 6.42 Å². The Morgan fingerprint density at radius 2 is 1.89 bits per heavy atom. The van der Waals surface area contributed by atoms with E-state index >= 15 is 0 Å². The number of hydrogen-bond acceptors (Lipinski definition) is 3. The van der Waals surface area contributed by atoms with E-state index in [0.29, 0.717) is 0 Å². The Bertz CT molecular complexity index is 531. The standard InChI is InChI=1S/C14H15NO2S/c1-10-15-13(9-18-10)7-6-11-2-4-12(5-3-11)8-14(16)17/h2-5,9H,6-8H2,1H3,(H,16,17). The molecular formula is C14H15NO2S. The zero-order valence-electron chi connectivity index (χ0n) is 10.2. The molecule has 0 saturated heterocycles. The first-order valence-electron chi connectivity index (χ1n) is 5.84. The van der Waals surface area contributed by atoms with E-state index in [9.17, 15) is 4.79 Å². The monoisotopic (exact) mass is 261 g/mol. The third kappa shape index (κ3) is 3.67. The Morgan fingerprint density at radius 1 is 1.22 bits per heavy atom. The van der Waals surface area contributed by atoms with Crippen LogP contribution in [0.5, 0.6) is 0 Å². The van der Waals surface area contributed by atoms with Crippen molar-refractivity contribution in [1.82, 2.24) is 4.98 Å².